The summed E-state index contributed by atoms with van der Waals surface area (Å²) in [6.45, 7) is 1.97. The summed E-state index contributed by atoms with van der Waals surface area (Å²) in [7, 11) is 0. The molecular weight excluding hydrogens is 240 g/mol. The van der Waals surface area contributed by atoms with Gasteiger partial charge in [0.1, 0.15) is 6.61 Å². The van der Waals surface area contributed by atoms with Crippen molar-refractivity contribution in [3.8, 4) is 0 Å². The molecule has 0 bridgehead atoms. The molecule has 1 saturated heterocycles. The molecule has 4 nitrogen and oxygen atoms in total. The van der Waals surface area contributed by atoms with Crippen LogP contribution in [0.1, 0.15) is 57.8 Å². The minimum atomic E-state index is 0.0581. The molecule has 2 fully saturated rings. The van der Waals surface area contributed by atoms with Gasteiger partial charge in [-0.3, -0.25) is 4.79 Å². The van der Waals surface area contributed by atoms with Gasteiger partial charge in [-0.05, 0) is 32.2 Å². The number of piperidine rings is 1. The maximum Gasteiger partial charge on any atom is 0.246 e. The van der Waals surface area contributed by atoms with E-state index in [0.717, 1.165) is 19.4 Å². The third-order valence-corrected chi connectivity index (χ3v) is 4.18. The van der Waals surface area contributed by atoms with Gasteiger partial charge in [0, 0.05) is 12.1 Å². The van der Waals surface area contributed by atoms with E-state index in [4.69, 9.17) is 4.74 Å². The average molecular weight is 268 g/mol. The molecule has 0 spiro atoms. The van der Waals surface area contributed by atoms with E-state index in [2.05, 4.69) is 10.6 Å². The van der Waals surface area contributed by atoms with Gasteiger partial charge in [-0.1, -0.05) is 32.1 Å². The summed E-state index contributed by atoms with van der Waals surface area (Å²) in [5.41, 5.74) is 0. The molecule has 1 saturated carbocycles. The first kappa shape index (κ1) is 14.8. The number of nitrogens with one attached hydrogen (secondary N) is 2. The molecule has 2 N–H and O–H groups in total. The van der Waals surface area contributed by atoms with Crippen molar-refractivity contribution >= 4 is 5.91 Å². The Morgan fingerprint density at radius 3 is 2.47 bits per heavy atom. The Kier molecular flexibility index (Phi) is 6.65. The fourth-order valence-electron chi connectivity index (χ4n) is 3.05. The summed E-state index contributed by atoms with van der Waals surface area (Å²) in [5.74, 6) is 0.0581. The van der Waals surface area contributed by atoms with Crippen LogP contribution in [0, 0.1) is 0 Å². The van der Waals surface area contributed by atoms with Crippen LogP contribution >= 0.6 is 0 Å². The van der Waals surface area contributed by atoms with Gasteiger partial charge >= 0.3 is 0 Å². The molecular formula is C15H28N2O2. The first-order valence-corrected chi connectivity index (χ1v) is 7.95. The Hall–Kier alpha value is -0.610. The molecule has 0 aromatic rings. The zero-order valence-electron chi connectivity index (χ0n) is 12.0. The minimum Gasteiger partial charge on any atom is -0.370 e. The molecule has 1 unspecified atom stereocenters. The molecule has 1 aliphatic carbocycles. The van der Waals surface area contributed by atoms with Crippen molar-refractivity contribution in [2.75, 3.05) is 19.8 Å². The molecule has 2 rings (SSSR count). The van der Waals surface area contributed by atoms with Gasteiger partial charge < -0.3 is 15.4 Å². The third-order valence-electron chi connectivity index (χ3n) is 4.18. The number of hydrogen-bond acceptors (Lipinski definition) is 3. The maximum atomic E-state index is 11.8. The maximum absolute atomic E-state index is 11.8. The van der Waals surface area contributed by atoms with E-state index < -0.39 is 0 Å². The Balaban J connectivity index is 1.55. The van der Waals surface area contributed by atoms with Crippen molar-refractivity contribution < 1.29 is 9.53 Å². The van der Waals surface area contributed by atoms with Gasteiger partial charge in [0.15, 0.2) is 0 Å². The average Bonchev–Trinajstić information content (AvgIpc) is 2.68. The van der Waals surface area contributed by atoms with Crippen molar-refractivity contribution in [1.82, 2.24) is 10.6 Å². The Morgan fingerprint density at radius 2 is 1.79 bits per heavy atom. The second-order valence-electron chi connectivity index (χ2n) is 5.92. The van der Waals surface area contributed by atoms with Crippen LogP contribution in [0.3, 0.4) is 0 Å². The van der Waals surface area contributed by atoms with Crippen LogP contribution in [0.2, 0.25) is 0 Å². The molecule has 1 atom stereocenters. The first-order valence-electron chi connectivity index (χ1n) is 7.95. The van der Waals surface area contributed by atoms with Gasteiger partial charge in [-0.2, -0.15) is 0 Å². The highest BCUT2D eigenvalue weighted by molar-refractivity contribution is 5.77. The number of ether oxygens (including phenoxy) is 1. The van der Waals surface area contributed by atoms with Crippen LogP contribution in [0.5, 0.6) is 0 Å². The lowest BCUT2D eigenvalue weighted by atomic mass is 10.1. The highest BCUT2D eigenvalue weighted by Crippen LogP contribution is 2.17. The third kappa shape index (κ3) is 5.91. The fourth-order valence-corrected chi connectivity index (χ4v) is 3.05. The standard InChI is InChI=1S/C15H28N2O2/c18-15(17-13-7-3-1-2-4-8-13)12-19-11-14-9-5-6-10-16-14/h13-14,16H,1-12H2,(H,17,18). The van der Waals surface area contributed by atoms with E-state index in [-0.39, 0.29) is 12.5 Å². The molecule has 1 heterocycles. The monoisotopic (exact) mass is 268 g/mol. The number of carbonyl (C=O) groups excluding carboxylic acids is 1. The lowest BCUT2D eigenvalue weighted by molar-refractivity contribution is -0.126. The topological polar surface area (TPSA) is 50.4 Å². The van der Waals surface area contributed by atoms with E-state index in [1.807, 2.05) is 0 Å². The second-order valence-corrected chi connectivity index (χ2v) is 5.92. The first-order chi connectivity index (χ1) is 9.34. The smallest absolute Gasteiger partial charge is 0.246 e. The molecule has 4 heteroatoms. The van der Waals surface area contributed by atoms with Crippen molar-refractivity contribution in [1.29, 1.82) is 0 Å². The van der Waals surface area contributed by atoms with Crippen LogP contribution in [0.25, 0.3) is 0 Å². The van der Waals surface area contributed by atoms with E-state index >= 15 is 0 Å². The number of hydrogen-bond donors (Lipinski definition) is 2. The van der Waals surface area contributed by atoms with Crippen molar-refractivity contribution in [3.05, 3.63) is 0 Å². The van der Waals surface area contributed by atoms with Crippen LogP contribution in [0.15, 0.2) is 0 Å². The Labute approximate surface area is 116 Å². The van der Waals surface area contributed by atoms with E-state index in [1.54, 1.807) is 0 Å². The highest BCUT2D eigenvalue weighted by Gasteiger charge is 2.16. The molecule has 0 radical (unpaired) electrons. The number of carbonyl (C=O) groups is 1. The van der Waals surface area contributed by atoms with E-state index in [1.165, 1.54) is 44.9 Å². The zero-order chi connectivity index (χ0) is 13.3. The van der Waals surface area contributed by atoms with Crippen molar-refractivity contribution in [2.24, 2.45) is 0 Å². The molecule has 0 aromatic carbocycles. The van der Waals surface area contributed by atoms with Crippen LogP contribution in [-0.2, 0) is 9.53 Å². The quantitative estimate of drug-likeness (QED) is 0.750. The van der Waals surface area contributed by atoms with Crippen LogP contribution in [-0.4, -0.2) is 37.7 Å². The lowest BCUT2D eigenvalue weighted by Gasteiger charge is -2.23. The normalized spacial score (nSPS) is 25.8. The zero-order valence-corrected chi connectivity index (χ0v) is 12.0. The fraction of sp³-hybridized carbons (Fsp3) is 0.933. The predicted molar refractivity (Wildman–Crippen MR) is 76.1 cm³/mol. The summed E-state index contributed by atoms with van der Waals surface area (Å²) in [4.78, 5) is 11.8. The number of rotatable bonds is 5. The molecule has 1 amide bonds. The Morgan fingerprint density at radius 1 is 1.05 bits per heavy atom. The van der Waals surface area contributed by atoms with Crippen LogP contribution < -0.4 is 10.6 Å². The summed E-state index contributed by atoms with van der Waals surface area (Å²) in [5, 5.41) is 6.54. The number of amides is 1. The molecule has 110 valence electrons. The van der Waals surface area contributed by atoms with Gasteiger partial charge in [-0.25, -0.2) is 0 Å². The van der Waals surface area contributed by atoms with Crippen molar-refractivity contribution in [3.63, 3.8) is 0 Å². The Bertz CT molecular complexity index is 257. The molecule has 19 heavy (non-hydrogen) atoms. The second kappa shape index (κ2) is 8.54. The summed E-state index contributed by atoms with van der Waals surface area (Å²) in [6, 6.07) is 0.825. The van der Waals surface area contributed by atoms with Gasteiger partial charge in [0.05, 0.1) is 6.61 Å². The lowest BCUT2D eigenvalue weighted by Crippen LogP contribution is -2.40. The molecule has 1 aliphatic heterocycles. The largest absolute Gasteiger partial charge is 0.370 e. The SMILES string of the molecule is O=C(COCC1CCCCN1)NC1CCCCCC1. The predicted octanol–water partition coefficient (Wildman–Crippen LogP) is 1.98. The van der Waals surface area contributed by atoms with Crippen molar-refractivity contribution in [2.45, 2.75) is 69.9 Å². The molecule has 0 aromatic heterocycles. The highest BCUT2D eigenvalue weighted by atomic mass is 16.5. The van der Waals surface area contributed by atoms with Gasteiger partial charge in [0.2, 0.25) is 5.91 Å². The summed E-state index contributed by atoms with van der Waals surface area (Å²) in [6.07, 6.45) is 11.1. The van der Waals surface area contributed by atoms with Crippen LogP contribution in [0.4, 0.5) is 0 Å². The van der Waals surface area contributed by atoms with E-state index in [0.29, 0.717) is 18.7 Å². The summed E-state index contributed by atoms with van der Waals surface area (Å²) < 4.78 is 5.53. The van der Waals surface area contributed by atoms with E-state index in [9.17, 15) is 4.79 Å². The molecule has 2 aliphatic rings. The summed E-state index contributed by atoms with van der Waals surface area (Å²) >= 11 is 0. The van der Waals surface area contributed by atoms with Gasteiger partial charge in [-0.15, -0.1) is 0 Å². The van der Waals surface area contributed by atoms with Gasteiger partial charge in [0.25, 0.3) is 0 Å². The minimum absolute atomic E-state index is 0.0581.